The van der Waals surface area contributed by atoms with Crippen molar-refractivity contribution in [3.05, 3.63) is 30.1 Å². The smallest absolute Gasteiger partial charge is 0.305 e. The van der Waals surface area contributed by atoms with Gasteiger partial charge in [-0.1, -0.05) is 0 Å². The van der Waals surface area contributed by atoms with Gasteiger partial charge in [-0.05, 0) is 42.9 Å². The second kappa shape index (κ2) is 10.8. The van der Waals surface area contributed by atoms with Gasteiger partial charge < -0.3 is 20.3 Å². The summed E-state index contributed by atoms with van der Waals surface area (Å²) >= 11 is 5.38. The second-order valence-corrected chi connectivity index (χ2v) is 6.62. The zero-order valence-corrected chi connectivity index (χ0v) is 16.2. The molecule has 1 aromatic carbocycles. The van der Waals surface area contributed by atoms with Gasteiger partial charge in [-0.15, -0.1) is 0 Å². The van der Waals surface area contributed by atoms with Crippen molar-refractivity contribution in [2.75, 3.05) is 51.7 Å². The van der Waals surface area contributed by atoms with Gasteiger partial charge in [0.15, 0.2) is 5.11 Å². The molecule has 0 aliphatic carbocycles. The molecule has 1 saturated heterocycles. The van der Waals surface area contributed by atoms with E-state index in [9.17, 15) is 14.0 Å². The van der Waals surface area contributed by atoms with E-state index in [1.54, 1.807) is 0 Å². The Morgan fingerprint density at radius 2 is 1.85 bits per heavy atom. The van der Waals surface area contributed by atoms with Gasteiger partial charge in [0, 0.05) is 44.8 Å². The van der Waals surface area contributed by atoms with Gasteiger partial charge >= 0.3 is 5.97 Å². The number of benzene rings is 1. The number of ether oxygens (including phenoxy) is 1. The van der Waals surface area contributed by atoms with Crippen molar-refractivity contribution in [3.63, 3.8) is 0 Å². The minimum atomic E-state index is -0.334. The van der Waals surface area contributed by atoms with Gasteiger partial charge in [-0.3, -0.25) is 14.5 Å². The molecule has 2 rings (SSSR count). The predicted octanol–water partition coefficient (Wildman–Crippen LogP) is 1.21. The normalized spacial score (nSPS) is 14.5. The van der Waals surface area contributed by atoms with Crippen LogP contribution in [0.25, 0.3) is 0 Å². The van der Waals surface area contributed by atoms with Crippen molar-refractivity contribution >= 4 is 34.9 Å². The Bertz CT molecular complexity index is 649. The number of thiocarbonyl (C=S) groups is 1. The van der Waals surface area contributed by atoms with Crippen LogP contribution in [-0.4, -0.2) is 73.2 Å². The van der Waals surface area contributed by atoms with Crippen molar-refractivity contribution in [1.82, 2.24) is 15.1 Å². The van der Waals surface area contributed by atoms with E-state index in [4.69, 9.17) is 12.2 Å². The molecule has 27 heavy (non-hydrogen) atoms. The highest BCUT2D eigenvalue weighted by Gasteiger charge is 2.20. The number of anilines is 1. The Morgan fingerprint density at radius 3 is 2.48 bits per heavy atom. The Kier molecular flexibility index (Phi) is 8.41. The fourth-order valence-electron chi connectivity index (χ4n) is 2.69. The number of amides is 1. The summed E-state index contributed by atoms with van der Waals surface area (Å²) in [6.45, 7) is 3.81. The number of hydrogen-bond acceptors (Lipinski definition) is 5. The molecule has 1 aliphatic rings. The van der Waals surface area contributed by atoms with Gasteiger partial charge in [-0.25, -0.2) is 4.39 Å². The van der Waals surface area contributed by atoms with Gasteiger partial charge in [0.2, 0.25) is 5.91 Å². The first-order valence-corrected chi connectivity index (χ1v) is 9.26. The maximum atomic E-state index is 12.9. The molecule has 0 radical (unpaired) electrons. The van der Waals surface area contributed by atoms with E-state index in [-0.39, 0.29) is 24.2 Å². The summed E-state index contributed by atoms with van der Waals surface area (Å²) in [5.74, 6) is -0.687. The molecule has 0 unspecified atom stereocenters. The Morgan fingerprint density at radius 1 is 1.19 bits per heavy atom. The van der Waals surface area contributed by atoms with Crippen molar-refractivity contribution in [1.29, 1.82) is 0 Å². The van der Waals surface area contributed by atoms with Crippen LogP contribution in [0.5, 0.6) is 0 Å². The number of carbonyl (C=O) groups excluding carboxylic acids is 2. The topological polar surface area (TPSA) is 73.9 Å². The summed E-state index contributed by atoms with van der Waals surface area (Å²) in [4.78, 5) is 27.3. The van der Waals surface area contributed by atoms with Crippen LogP contribution in [0.2, 0.25) is 0 Å². The molecular formula is C18H25FN4O3S. The van der Waals surface area contributed by atoms with Gasteiger partial charge in [0.25, 0.3) is 0 Å². The summed E-state index contributed by atoms with van der Waals surface area (Å²) in [6, 6.07) is 5.70. The maximum absolute atomic E-state index is 12.9. The van der Waals surface area contributed by atoms with Gasteiger partial charge in [0.1, 0.15) is 5.82 Å². The lowest BCUT2D eigenvalue weighted by Crippen LogP contribution is -2.53. The minimum Gasteiger partial charge on any atom is -0.469 e. The average molecular weight is 396 g/mol. The molecule has 2 N–H and O–H groups in total. The summed E-state index contributed by atoms with van der Waals surface area (Å²) in [6.07, 6.45) is 1.03. The monoisotopic (exact) mass is 396 g/mol. The molecule has 1 amide bonds. The Labute approximate surface area is 163 Å². The molecule has 1 heterocycles. The summed E-state index contributed by atoms with van der Waals surface area (Å²) in [5, 5.41) is 6.57. The first-order chi connectivity index (χ1) is 13.0. The van der Waals surface area contributed by atoms with Gasteiger partial charge in [0.05, 0.1) is 13.7 Å². The van der Waals surface area contributed by atoms with Crippen LogP contribution >= 0.6 is 12.2 Å². The lowest BCUT2D eigenvalue weighted by molar-refractivity contribution is -0.140. The minimum absolute atomic E-state index is 0.126. The lowest BCUT2D eigenvalue weighted by Gasteiger charge is -2.35. The zero-order chi connectivity index (χ0) is 19.6. The molecule has 0 aromatic heterocycles. The van der Waals surface area contributed by atoms with Crippen LogP contribution in [0.15, 0.2) is 24.3 Å². The zero-order valence-electron chi connectivity index (χ0n) is 15.4. The molecule has 1 fully saturated rings. The predicted molar refractivity (Wildman–Crippen MR) is 105 cm³/mol. The van der Waals surface area contributed by atoms with Crippen LogP contribution in [0.4, 0.5) is 10.1 Å². The highest BCUT2D eigenvalue weighted by molar-refractivity contribution is 7.80. The van der Waals surface area contributed by atoms with E-state index < -0.39 is 0 Å². The molecular weight excluding hydrogens is 371 g/mol. The summed E-state index contributed by atoms with van der Waals surface area (Å²) < 4.78 is 17.5. The number of halogens is 1. The molecule has 0 bridgehead atoms. The van der Waals surface area contributed by atoms with Crippen molar-refractivity contribution in [2.24, 2.45) is 0 Å². The fraction of sp³-hybridized carbons (Fsp3) is 0.500. The second-order valence-electron chi connectivity index (χ2n) is 6.23. The van der Waals surface area contributed by atoms with Crippen molar-refractivity contribution in [2.45, 2.75) is 12.8 Å². The van der Waals surface area contributed by atoms with E-state index >= 15 is 0 Å². The maximum Gasteiger partial charge on any atom is 0.305 e. The third kappa shape index (κ3) is 7.48. The molecule has 1 aliphatic heterocycles. The quantitative estimate of drug-likeness (QED) is 0.408. The Hall–Kier alpha value is -2.26. The van der Waals surface area contributed by atoms with Crippen LogP contribution in [-0.2, 0) is 14.3 Å². The molecule has 1 aromatic rings. The number of hydrogen-bond donors (Lipinski definition) is 2. The summed E-state index contributed by atoms with van der Waals surface area (Å²) in [5.41, 5.74) is 0.581. The molecule has 7 nitrogen and oxygen atoms in total. The third-order valence-corrected chi connectivity index (χ3v) is 4.62. The molecule has 0 spiro atoms. The molecule has 0 atom stereocenters. The van der Waals surface area contributed by atoms with E-state index in [1.165, 1.54) is 31.4 Å². The van der Waals surface area contributed by atoms with Crippen LogP contribution in [0.3, 0.4) is 0 Å². The molecule has 148 valence electrons. The van der Waals surface area contributed by atoms with Gasteiger partial charge in [-0.2, -0.15) is 0 Å². The number of esters is 1. The largest absolute Gasteiger partial charge is 0.469 e. The number of nitrogens with one attached hydrogen (secondary N) is 2. The van der Waals surface area contributed by atoms with E-state index in [0.717, 1.165) is 26.2 Å². The molecule has 9 heteroatoms. The number of methoxy groups -OCH3 is 1. The van der Waals surface area contributed by atoms with E-state index in [2.05, 4.69) is 25.2 Å². The fourth-order valence-corrected chi connectivity index (χ4v) is 2.97. The Balaban J connectivity index is 1.64. The first-order valence-electron chi connectivity index (χ1n) is 8.85. The standard InChI is InChI=1S/C18H25FN4O3S/c1-26-17(25)3-2-8-20-18(27)23-11-9-22(10-12-23)13-16(24)21-15-6-4-14(19)5-7-15/h4-7H,2-3,8-13H2,1H3,(H,20,27)(H,21,24). The number of carbonyl (C=O) groups is 2. The van der Waals surface area contributed by atoms with Crippen LogP contribution in [0.1, 0.15) is 12.8 Å². The van der Waals surface area contributed by atoms with Crippen LogP contribution in [0, 0.1) is 5.82 Å². The number of rotatable bonds is 7. The number of nitrogens with zero attached hydrogens (tertiary/aromatic N) is 2. The van der Waals surface area contributed by atoms with Crippen molar-refractivity contribution < 1.29 is 18.7 Å². The summed E-state index contributed by atoms with van der Waals surface area (Å²) in [7, 11) is 1.37. The highest BCUT2D eigenvalue weighted by Crippen LogP contribution is 2.09. The third-order valence-electron chi connectivity index (χ3n) is 4.22. The van der Waals surface area contributed by atoms with Crippen LogP contribution < -0.4 is 10.6 Å². The van der Waals surface area contributed by atoms with Crippen molar-refractivity contribution in [3.8, 4) is 0 Å². The number of piperazine rings is 1. The van der Waals surface area contributed by atoms with E-state index in [1.807, 2.05) is 0 Å². The first kappa shape index (κ1) is 21.0. The highest BCUT2D eigenvalue weighted by atomic mass is 32.1. The molecule has 0 saturated carbocycles. The van der Waals surface area contributed by atoms with E-state index in [0.29, 0.717) is 30.2 Å². The lowest BCUT2D eigenvalue weighted by atomic mass is 10.3. The SMILES string of the molecule is COC(=O)CCCNC(=S)N1CCN(CC(=O)Nc2ccc(F)cc2)CC1. The average Bonchev–Trinajstić information content (AvgIpc) is 2.67.